The van der Waals surface area contributed by atoms with E-state index < -0.39 is 6.10 Å². The third-order valence-corrected chi connectivity index (χ3v) is 3.35. The van der Waals surface area contributed by atoms with Gasteiger partial charge in [-0.25, -0.2) is 0 Å². The predicted octanol–water partition coefficient (Wildman–Crippen LogP) is 1.59. The molecule has 0 bridgehead atoms. The Hall–Kier alpha value is -0.580. The van der Waals surface area contributed by atoms with Crippen LogP contribution in [0.3, 0.4) is 0 Å². The molecule has 1 aliphatic rings. The van der Waals surface area contributed by atoms with Gasteiger partial charge in [0.25, 0.3) is 0 Å². The van der Waals surface area contributed by atoms with Crippen LogP contribution in [-0.2, 0) is 4.74 Å². The lowest BCUT2D eigenvalue weighted by Crippen LogP contribution is -2.24. The molecule has 0 radical (unpaired) electrons. The first-order valence-corrected chi connectivity index (χ1v) is 5.75. The molecule has 2 heterocycles. The van der Waals surface area contributed by atoms with Gasteiger partial charge in [-0.1, -0.05) is 6.07 Å². The van der Waals surface area contributed by atoms with Crippen LogP contribution in [0.2, 0.25) is 0 Å². The largest absolute Gasteiger partial charge is 0.383 e. The summed E-state index contributed by atoms with van der Waals surface area (Å²) >= 11 is 1.65. The smallest absolute Gasteiger partial charge is 0.134 e. The number of aliphatic hydroxyl groups excluding tert-OH is 1. The Labute approximate surface area is 87.5 Å². The number of rotatable bonds is 2. The average molecular weight is 211 g/mol. The van der Waals surface area contributed by atoms with Gasteiger partial charge in [0.05, 0.1) is 5.69 Å². The molecule has 4 heteroatoms. The van der Waals surface area contributed by atoms with Crippen molar-refractivity contribution >= 4 is 11.8 Å². The summed E-state index contributed by atoms with van der Waals surface area (Å²) in [4.78, 5) is 4.11. The van der Waals surface area contributed by atoms with Crippen LogP contribution < -0.4 is 0 Å². The Bertz CT molecular complexity index is 275. The first-order chi connectivity index (χ1) is 6.88. The first kappa shape index (κ1) is 9.96. The predicted molar refractivity (Wildman–Crippen MR) is 56.0 cm³/mol. The summed E-state index contributed by atoms with van der Waals surface area (Å²) in [6.45, 7) is 0.738. The Kier molecular flexibility index (Phi) is 3.39. The second-order valence-electron chi connectivity index (χ2n) is 3.16. The molecule has 2 atom stereocenters. The molecule has 1 aromatic rings. The quantitative estimate of drug-likeness (QED) is 0.806. The van der Waals surface area contributed by atoms with E-state index in [0.717, 1.165) is 18.8 Å². The summed E-state index contributed by atoms with van der Waals surface area (Å²) in [6.07, 6.45) is 2.14. The van der Waals surface area contributed by atoms with Crippen molar-refractivity contribution in [3.63, 3.8) is 0 Å². The zero-order chi connectivity index (χ0) is 9.80. The maximum Gasteiger partial charge on any atom is 0.134 e. The minimum Gasteiger partial charge on any atom is -0.383 e. The topological polar surface area (TPSA) is 42.4 Å². The number of hydrogen-bond acceptors (Lipinski definition) is 4. The summed E-state index contributed by atoms with van der Waals surface area (Å²) in [5, 5.41) is 9.94. The van der Waals surface area contributed by atoms with E-state index in [1.165, 1.54) is 0 Å². The minimum atomic E-state index is -0.610. The highest BCUT2D eigenvalue weighted by Crippen LogP contribution is 2.29. The zero-order valence-electron chi connectivity index (χ0n) is 7.80. The molecule has 0 saturated carbocycles. The van der Waals surface area contributed by atoms with Gasteiger partial charge in [-0.05, 0) is 24.3 Å². The van der Waals surface area contributed by atoms with Crippen LogP contribution in [0.5, 0.6) is 0 Å². The number of ether oxygens (including phenoxy) is 1. The third kappa shape index (κ3) is 2.26. The second-order valence-corrected chi connectivity index (χ2v) is 4.37. The first-order valence-electron chi connectivity index (χ1n) is 4.70. The Morgan fingerprint density at radius 3 is 3.14 bits per heavy atom. The molecule has 1 aliphatic heterocycles. The molecule has 2 rings (SSSR count). The molecule has 3 nitrogen and oxygen atoms in total. The summed E-state index contributed by atoms with van der Waals surface area (Å²) in [5.74, 6) is 1.05. The third-order valence-electron chi connectivity index (χ3n) is 2.10. The van der Waals surface area contributed by atoms with Gasteiger partial charge in [0.15, 0.2) is 0 Å². The Morgan fingerprint density at radius 2 is 2.50 bits per heavy atom. The summed E-state index contributed by atoms with van der Waals surface area (Å²) in [5.41, 5.74) is 0.533. The zero-order valence-corrected chi connectivity index (χ0v) is 8.61. The van der Waals surface area contributed by atoms with Crippen LogP contribution in [0.4, 0.5) is 0 Å². The number of nitrogens with zero attached hydrogens (tertiary/aromatic N) is 1. The van der Waals surface area contributed by atoms with E-state index >= 15 is 0 Å². The van der Waals surface area contributed by atoms with Gasteiger partial charge in [-0.2, -0.15) is 0 Å². The van der Waals surface area contributed by atoms with Crippen molar-refractivity contribution in [2.75, 3.05) is 12.4 Å². The van der Waals surface area contributed by atoms with Crippen LogP contribution >= 0.6 is 11.8 Å². The molecule has 14 heavy (non-hydrogen) atoms. The highest BCUT2D eigenvalue weighted by atomic mass is 32.2. The highest BCUT2D eigenvalue weighted by molar-refractivity contribution is 7.99. The molecular weight excluding hydrogens is 198 g/mol. The molecule has 1 aromatic heterocycles. The van der Waals surface area contributed by atoms with Crippen molar-refractivity contribution < 1.29 is 9.84 Å². The van der Waals surface area contributed by atoms with E-state index in [0.29, 0.717) is 5.69 Å². The molecule has 1 saturated heterocycles. The maximum absolute atomic E-state index is 9.94. The van der Waals surface area contributed by atoms with Gasteiger partial charge in [-0.15, -0.1) is 11.8 Å². The number of aromatic nitrogens is 1. The second kappa shape index (κ2) is 4.77. The van der Waals surface area contributed by atoms with Crippen LogP contribution in [0.25, 0.3) is 0 Å². The molecule has 1 fully saturated rings. The lowest BCUT2D eigenvalue weighted by atomic mass is 10.2. The number of aliphatic hydroxyl groups is 1. The lowest BCUT2D eigenvalue weighted by molar-refractivity contribution is 0.00701. The van der Waals surface area contributed by atoms with E-state index in [9.17, 15) is 5.11 Å². The monoisotopic (exact) mass is 211 g/mol. The fourth-order valence-electron chi connectivity index (χ4n) is 1.38. The summed E-state index contributed by atoms with van der Waals surface area (Å²) in [7, 11) is 0. The van der Waals surface area contributed by atoms with Crippen molar-refractivity contribution in [1.29, 1.82) is 0 Å². The van der Waals surface area contributed by atoms with E-state index in [4.69, 9.17) is 4.74 Å². The summed E-state index contributed by atoms with van der Waals surface area (Å²) in [6, 6.07) is 5.54. The van der Waals surface area contributed by atoms with Crippen LogP contribution in [0, 0.1) is 0 Å². The van der Waals surface area contributed by atoms with Crippen LogP contribution in [0.1, 0.15) is 18.2 Å². The number of pyridine rings is 1. The van der Waals surface area contributed by atoms with E-state index in [1.807, 2.05) is 18.2 Å². The number of thioether (sulfide) groups is 1. The molecule has 2 unspecified atom stereocenters. The summed E-state index contributed by atoms with van der Waals surface area (Å²) < 4.78 is 5.47. The Morgan fingerprint density at radius 1 is 1.57 bits per heavy atom. The molecule has 1 N–H and O–H groups in total. The van der Waals surface area contributed by atoms with Crippen molar-refractivity contribution in [2.24, 2.45) is 0 Å². The molecule has 0 aromatic carbocycles. The normalized spacial score (nSPS) is 24.5. The van der Waals surface area contributed by atoms with Crippen molar-refractivity contribution in [1.82, 2.24) is 4.98 Å². The van der Waals surface area contributed by atoms with Gasteiger partial charge in [-0.3, -0.25) is 4.98 Å². The van der Waals surface area contributed by atoms with Crippen molar-refractivity contribution in [3.05, 3.63) is 30.1 Å². The molecule has 76 valence electrons. The standard InChI is InChI=1S/C10H13NO2S/c12-9(8-4-1-2-5-11-8)10-13-6-3-7-14-10/h1-2,4-5,9-10,12H,3,6-7H2. The van der Waals surface area contributed by atoms with E-state index in [-0.39, 0.29) is 5.44 Å². The average Bonchev–Trinajstić information content (AvgIpc) is 2.30. The SMILES string of the molecule is OC(c1ccccn1)C1OCCCS1. The number of hydrogen-bond donors (Lipinski definition) is 1. The van der Waals surface area contributed by atoms with Gasteiger partial charge in [0.1, 0.15) is 11.5 Å². The van der Waals surface area contributed by atoms with Crippen molar-refractivity contribution in [3.8, 4) is 0 Å². The fraction of sp³-hybridized carbons (Fsp3) is 0.500. The molecule has 0 aliphatic carbocycles. The minimum absolute atomic E-state index is 0.154. The van der Waals surface area contributed by atoms with Crippen LogP contribution in [0.15, 0.2) is 24.4 Å². The van der Waals surface area contributed by atoms with Gasteiger partial charge in [0, 0.05) is 12.8 Å². The molecule has 0 amide bonds. The van der Waals surface area contributed by atoms with Crippen molar-refractivity contribution in [2.45, 2.75) is 18.0 Å². The maximum atomic E-state index is 9.94. The van der Waals surface area contributed by atoms with Gasteiger partial charge in [0.2, 0.25) is 0 Å². The van der Waals surface area contributed by atoms with E-state index in [1.54, 1.807) is 18.0 Å². The Balaban J connectivity index is 2.03. The molecule has 0 spiro atoms. The lowest BCUT2D eigenvalue weighted by Gasteiger charge is -2.26. The van der Waals surface area contributed by atoms with E-state index in [2.05, 4.69) is 4.98 Å². The fourth-order valence-corrected chi connectivity index (χ4v) is 2.41. The van der Waals surface area contributed by atoms with Crippen LogP contribution in [-0.4, -0.2) is 27.9 Å². The molecular formula is C10H13NO2S. The van der Waals surface area contributed by atoms with Gasteiger partial charge >= 0.3 is 0 Å². The van der Waals surface area contributed by atoms with Gasteiger partial charge < -0.3 is 9.84 Å². The highest BCUT2D eigenvalue weighted by Gasteiger charge is 2.25.